The van der Waals surface area contributed by atoms with Gasteiger partial charge in [-0.15, -0.1) is 0 Å². The summed E-state index contributed by atoms with van der Waals surface area (Å²) in [5.74, 6) is 0. The van der Waals surface area contributed by atoms with Gasteiger partial charge in [0.15, 0.2) is 0 Å². The van der Waals surface area contributed by atoms with Gasteiger partial charge in [-0.1, -0.05) is 53.4 Å². The van der Waals surface area contributed by atoms with Crippen molar-refractivity contribution in [3.8, 4) is 0 Å². The lowest BCUT2D eigenvalue weighted by Gasteiger charge is -2.21. The summed E-state index contributed by atoms with van der Waals surface area (Å²) in [4.78, 5) is 0. The van der Waals surface area contributed by atoms with Crippen molar-refractivity contribution >= 4 is 15.9 Å². The highest BCUT2D eigenvalue weighted by molar-refractivity contribution is 9.10. The van der Waals surface area contributed by atoms with E-state index in [9.17, 15) is 0 Å². The lowest BCUT2D eigenvalue weighted by molar-refractivity contribution is 0.0273. The average Bonchev–Trinajstić information content (AvgIpc) is 2.45. The molecule has 1 aromatic rings. The van der Waals surface area contributed by atoms with E-state index in [0.29, 0.717) is 6.10 Å². The van der Waals surface area contributed by atoms with Gasteiger partial charge in [-0.2, -0.15) is 0 Å². The van der Waals surface area contributed by atoms with Gasteiger partial charge in [0.05, 0.1) is 6.10 Å². The van der Waals surface area contributed by atoms with E-state index >= 15 is 0 Å². The summed E-state index contributed by atoms with van der Waals surface area (Å²) in [6.45, 7) is 2.84. The molecule has 2 nitrogen and oxygen atoms in total. The summed E-state index contributed by atoms with van der Waals surface area (Å²) in [6.07, 6.45) is 8.27. The Labute approximate surface area is 125 Å². The van der Waals surface area contributed by atoms with Crippen LogP contribution in [0.3, 0.4) is 0 Å². The van der Waals surface area contributed by atoms with Crippen molar-refractivity contribution in [3.63, 3.8) is 0 Å². The van der Waals surface area contributed by atoms with Crippen LogP contribution >= 0.6 is 15.9 Å². The molecule has 1 fully saturated rings. The molecule has 1 aliphatic carbocycles. The van der Waals surface area contributed by atoms with Gasteiger partial charge in [0, 0.05) is 17.6 Å². The van der Waals surface area contributed by atoms with Gasteiger partial charge in [-0.05, 0) is 37.4 Å². The largest absolute Gasteiger partial charge is 0.378 e. The van der Waals surface area contributed by atoms with E-state index < -0.39 is 0 Å². The number of ether oxygens (including phenoxy) is 1. The zero-order valence-electron chi connectivity index (χ0n) is 11.5. The van der Waals surface area contributed by atoms with Crippen LogP contribution in [0, 0.1) is 0 Å². The number of hydrogen-bond donors (Lipinski definition) is 1. The molecule has 0 unspecified atom stereocenters. The third-order valence-electron chi connectivity index (χ3n) is 3.68. The standard InChI is InChI=1S/C16H24BrNO/c17-16-10-5-4-7-14(16)13-18-11-6-12-19-15-8-2-1-3-9-15/h4-5,7,10,15,18H,1-3,6,8-9,11-13H2. The predicted octanol–water partition coefficient (Wildman–Crippen LogP) is 4.28. The molecule has 0 heterocycles. The van der Waals surface area contributed by atoms with E-state index in [4.69, 9.17) is 4.74 Å². The number of benzene rings is 1. The van der Waals surface area contributed by atoms with Gasteiger partial charge in [0.2, 0.25) is 0 Å². The van der Waals surface area contributed by atoms with Gasteiger partial charge in [-0.25, -0.2) is 0 Å². The minimum atomic E-state index is 0.539. The number of halogens is 1. The Hall–Kier alpha value is -0.380. The van der Waals surface area contributed by atoms with Crippen molar-refractivity contribution in [2.24, 2.45) is 0 Å². The molecule has 0 aliphatic heterocycles. The normalized spacial score (nSPS) is 16.7. The molecule has 0 radical (unpaired) electrons. The Morgan fingerprint density at radius 2 is 1.95 bits per heavy atom. The quantitative estimate of drug-likeness (QED) is 0.755. The summed E-state index contributed by atoms with van der Waals surface area (Å²) in [6, 6.07) is 8.36. The first-order valence-electron chi connectivity index (χ1n) is 7.42. The second kappa shape index (κ2) is 8.72. The maximum Gasteiger partial charge on any atom is 0.0575 e. The van der Waals surface area contributed by atoms with Gasteiger partial charge in [0.25, 0.3) is 0 Å². The van der Waals surface area contributed by atoms with E-state index in [1.54, 1.807) is 0 Å². The highest BCUT2D eigenvalue weighted by atomic mass is 79.9. The number of rotatable bonds is 7. The SMILES string of the molecule is Brc1ccccc1CNCCCOC1CCCCC1. The summed E-state index contributed by atoms with van der Waals surface area (Å²) in [5.41, 5.74) is 1.32. The zero-order chi connectivity index (χ0) is 13.3. The maximum absolute atomic E-state index is 5.91. The fraction of sp³-hybridized carbons (Fsp3) is 0.625. The first-order valence-corrected chi connectivity index (χ1v) is 8.21. The summed E-state index contributed by atoms with van der Waals surface area (Å²) in [7, 11) is 0. The first-order chi connectivity index (χ1) is 9.36. The molecule has 0 atom stereocenters. The molecule has 106 valence electrons. The molecule has 1 saturated carbocycles. The summed E-state index contributed by atoms with van der Waals surface area (Å²) >= 11 is 3.57. The molecule has 1 aliphatic rings. The van der Waals surface area contributed by atoms with Crippen LogP contribution in [0.1, 0.15) is 44.1 Å². The topological polar surface area (TPSA) is 21.3 Å². The summed E-state index contributed by atoms with van der Waals surface area (Å²) < 4.78 is 7.09. The fourth-order valence-corrected chi connectivity index (χ4v) is 2.97. The molecule has 0 amide bonds. The third-order valence-corrected chi connectivity index (χ3v) is 4.45. The minimum Gasteiger partial charge on any atom is -0.378 e. The fourth-order valence-electron chi connectivity index (χ4n) is 2.54. The smallest absolute Gasteiger partial charge is 0.0575 e. The molecule has 2 rings (SSSR count). The highest BCUT2D eigenvalue weighted by Gasteiger charge is 2.12. The van der Waals surface area contributed by atoms with Crippen LogP contribution in [0.2, 0.25) is 0 Å². The molecule has 0 bridgehead atoms. The lowest BCUT2D eigenvalue weighted by atomic mass is 9.98. The van der Waals surface area contributed by atoms with Crippen molar-refractivity contribution in [2.45, 2.75) is 51.2 Å². The molecule has 1 N–H and O–H groups in total. The monoisotopic (exact) mass is 325 g/mol. The zero-order valence-corrected chi connectivity index (χ0v) is 13.1. The lowest BCUT2D eigenvalue weighted by Crippen LogP contribution is -2.20. The van der Waals surface area contributed by atoms with E-state index in [1.165, 1.54) is 42.1 Å². The molecule has 0 spiro atoms. The molecular weight excluding hydrogens is 302 g/mol. The van der Waals surface area contributed by atoms with E-state index in [2.05, 4.69) is 39.4 Å². The average molecular weight is 326 g/mol. The minimum absolute atomic E-state index is 0.539. The van der Waals surface area contributed by atoms with Crippen LogP contribution in [-0.4, -0.2) is 19.3 Å². The number of hydrogen-bond acceptors (Lipinski definition) is 2. The molecule has 0 aromatic heterocycles. The highest BCUT2D eigenvalue weighted by Crippen LogP contribution is 2.20. The van der Waals surface area contributed by atoms with Crippen molar-refractivity contribution < 1.29 is 4.74 Å². The van der Waals surface area contributed by atoms with Gasteiger partial charge >= 0.3 is 0 Å². The first kappa shape index (κ1) is 15.0. The van der Waals surface area contributed by atoms with Crippen LogP contribution in [0.5, 0.6) is 0 Å². The Morgan fingerprint density at radius 1 is 1.16 bits per heavy atom. The molecule has 3 heteroatoms. The van der Waals surface area contributed by atoms with Gasteiger partial charge < -0.3 is 10.1 Å². The van der Waals surface area contributed by atoms with Crippen LogP contribution in [0.25, 0.3) is 0 Å². The maximum atomic E-state index is 5.91. The van der Waals surface area contributed by atoms with E-state index in [0.717, 1.165) is 26.1 Å². The van der Waals surface area contributed by atoms with Crippen molar-refractivity contribution in [3.05, 3.63) is 34.3 Å². The molecular formula is C16H24BrNO. The van der Waals surface area contributed by atoms with E-state index in [1.807, 2.05) is 6.07 Å². The Kier molecular flexibility index (Phi) is 6.90. The van der Waals surface area contributed by atoms with Crippen molar-refractivity contribution in [2.75, 3.05) is 13.2 Å². The summed E-state index contributed by atoms with van der Waals surface area (Å²) in [5, 5.41) is 3.47. The predicted molar refractivity (Wildman–Crippen MR) is 83.3 cm³/mol. The number of nitrogens with one attached hydrogen (secondary N) is 1. The van der Waals surface area contributed by atoms with Crippen LogP contribution in [-0.2, 0) is 11.3 Å². The Bertz CT molecular complexity index is 364. The van der Waals surface area contributed by atoms with Crippen molar-refractivity contribution in [1.29, 1.82) is 0 Å². The van der Waals surface area contributed by atoms with Gasteiger partial charge in [-0.3, -0.25) is 0 Å². The second-order valence-corrected chi connectivity index (χ2v) is 6.11. The molecule has 1 aromatic carbocycles. The second-order valence-electron chi connectivity index (χ2n) is 5.25. The van der Waals surface area contributed by atoms with Crippen LogP contribution in [0.15, 0.2) is 28.7 Å². The Balaban J connectivity index is 1.51. The third kappa shape index (κ3) is 5.64. The van der Waals surface area contributed by atoms with E-state index in [-0.39, 0.29) is 0 Å². The Morgan fingerprint density at radius 3 is 2.74 bits per heavy atom. The van der Waals surface area contributed by atoms with Crippen LogP contribution in [0.4, 0.5) is 0 Å². The molecule has 19 heavy (non-hydrogen) atoms. The molecule has 0 saturated heterocycles. The van der Waals surface area contributed by atoms with Crippen molar-refractivity contribution in [1.82, 2.24) is 5.32 Å². The van der Waals surface area contributed by atoms with Gasteiger partial charge in [0.1, 0.15) is 0 Å². The van der Waals surface area contributed by atoms with Crippen LogP contribution < -0.4 is 5.32 Å².